The van der Waals surface area contributed by atoms with Crippen LogP contribution in [0.2, 0.25) is 5.02 Å². The lowest BCUT2D eigenvalue weighted by molar-refractivity contribution is -0.114. The fourth-order valence-electron chi connectivity index (χ4n) is 4.93. The minimum Gasteiger partial charge on any atom is -0.351 e. The fourth-order valence-corrected chi connectivity index (χ4v) is 5.40. The second-order valence-corrected chi connectivity index (χ2v) is 9.69. The Morgan fingerprint density at radius 3 is 2.36 bits per heavy atom. The third-order valence-electron chi connectivity index (χ3n) is 6.44. The van der Waals surface area contributed by atoms with Crippen molar-refractivity contribution in [3.05, 3.63) is 107 Å². The third kappa shape index (κ3) is 4.47. The summed E-state index contributed by atoms with van der Waals surface area (Å²) in [4.78, 5) is 18.3. The Hall–Kier alpha value is -3.68. The van der Waals surface area contributed by atoms with Gasteiger partial charge in [-0.2, -0.15) is 0 Å². The molecule has 0 unspecified atom stereocenters. The molecule has 5 rings (SSSR count). The lowest BCUT2D eigenvalue weighted by Crippen LogP contribution is -2.29. The Bertz CT molecular complexity index is 1420. The summed E-state index contributed by atoms with van der Waals surface area (Å²) in [6, 6.07) is 23.5. The molecule has 182 valence electrons. The van der Waals surface area contributed by atoms with E-state index in [2.05, 4.69) is 45.0 Å². The number of amides is 1. The first-order valence-corrected chi connectivity index (χ1v) is 12.4. The van der Waals surface area contributed by atoms with Crippen LogP contribution >= 0.6 is 23.8 Å². The monoisotopic (exact) mass is 515 g/mol. The molecular weight excluding hydrogens is 490 g/mol. The van der Waals surface area contributed by atoms with Gasteiger partial charge in [0, 0.05) is 46.6 Å². The number of anilines is 2. The molecule has 0 bridgehead atoms. The highest BCUT2D eigenvalue weighted by molar-refractivity contribution is 7.80. The van der Waals surface area contributed by atoms with Gasteiger partial charge in [-0.1, -0.05) is 17.7 Å². The number of rotatable bonds is 5. The maximum atomic E-state index is 11.5. The predicted octanol–water partition coefficient (Wildman–Crippen LogP) is 6.28. The molecule has 6 nitrogen and oxygen atoms in total. The molecule has 2 aromatic carbocycles. The molecule has 1 aliphatic rings. The van der Waals surface area contributed by atoms with Gasteiger partial charge in [-0.3, -0.25) is 9.78 Å². The van der Waals surface area contributed by atoms with Gasteiger partial charge in [0.15, 0.2) is 5.11 Å². The molecule has 0 saturated carbocycles. The molecule has 2 N–H and O–H groups in total. The molecule has 1 amide bonds. The smallest absolute Gasteiger partial charge is 0.221 e. The second-order valence-electron chi connectivity index (χ2n) is 8.86. The van der Waals surface area contributed by atoms with Crippen LogP contribution in [0.15, 0.2) is 79.0 Å². The lowest BCUT2D eigenvalue weighted by atomic mass is 9.96. The summed E-state index contributed by atoms with van der Waals surface area (Å²) in [6.07, 6.45) is 1.80. The van der Waals surface area contributed by atoms with Crippen molar-refractivity contribution < 1.29 is 4.79 Å². The summed E-state index contributed by atoms with van der Waals surface area (Å²) < 4.78 is 2.24. The summed E-state index contributed by atoms with van der Waals surface area (Å²) in [6.45, 7) is 5.73. The minimum absolute atomic E-state index is 0.108. The number of pyridine rings is 1. The van der Waals surface area contributed by atoms with Gasteiger partial charge in [0.25, 0.3) is 0 Å². The number of aromatic nitrogens is 2. The largest absolute Gasteiger partial charge is 0.351 e. The van der Waals surface area contributed by atoms with Crippen LogP contribution in [-0.4, -0.2) is 20.6 Å². The van der Waals surface area contributed by atoms with E-state index >= 15 is 0 Å². The van der Waals surface area contributed by atoms with Crippen molar-refractivity contribution in [1.82, 2.24) is 14.9 Å². The Morgan fingerprint density at radius 1 is 1.03 bits per heavy atom. The van der Waals surface area contributed by atoms with E-state index in [-0.39, 0.29) is 18.0 Å². The highest BCUT2D eigenvalue weighted by Crippen LogP contribution is 2.44. The van der Waals surface area contributed by atoms with Crippen LogP contribution in [0, 0.1) is 13.8 Å². The molecular formula is C28H26ClN5OS. The fraction of sp³-hybridized carbons (Fsp3) is 0.179. The predicted molar refractivity (Wildman–Crippen MR) is 149 cm³/mol. The molecule has 3 heterocycles. The standard InChI is InChI=1S/C28H26ClN5OS/c1-17-16-24(18(2)33(17)22-11-7-20(29)8-12-22)27-26(25-6-4-5-15-30-25)32-28(36)34(27)23-13-9-21(10-14-23)31-19(3)35/h4-16,26-27H,1-3H3,(H,31,35)(H,32,36)/t26-,27-/m1/s1. The molecule has 1 saturated heterocycles. The average molecular weight is 516 g/mol. The topological polar surface area (TPSA) is 62.2 Å². The zero-order valence-corrected chi connectivity index (χ0v) is 21.8. The van der Waals surface area contributed by atoms with Crippen molar-refractivity contribution >= 4 is 46.2 Å². The third-order valence-corrected chi connectivity index (χ3v) is 7.00. The molecule has 2 atom stereocenters. The molecule has 0 aliphatic carbocycles. The van der Waals surface area contributed by atoms with Crippen LogP contribution in [0.5, 0.6) is 0 Å². The number of benzene rings is 2. The first kappa shape index (κ1) is 24.0. The average Bonchev–Trinajstić information content (AvgIpc) is 3.35. The van der Waals surface area contributed by atoms with E-state index in [0.29, 0.717) is 10.1 Å². The zero-order valence-electron chi connectivity index (χ0n) is 20.2. The van der Waals surface area contributed by atoms with Crippen molar-refractivity contribution in [2.45, 2.75) is 32.9 Å². The molecule has 0 spiro atoms. The van der Waals surface area contributed by atoms with Crippen LogP contribution in [0.1, 0.15) is 41.7 Å². The summed E-state index contributed by atoms with van der Waals surface area (Å²) in [5, 5.41) is 7.67. The normalized spacial score (nSPS) is 17.2. The maximum absolute atomic E-state index is 11.5. The second kappa shape index (κ2) is 9.76. The number of nitrogens with zero attached hydrogens (tertiary/aromatic N) is 3. The van der Waals surface area contributed by atoms with Gasteiger partial charge in [0.1, 0.15) is 0 Å². The minimum atomic E-state index is -0.145. The van der Waals surface area contributed by atoms with Gasteiger partial charge in [0.2, 0.25) is 5.91 Å². The summed E-state index contributed by atoms with van der Waals surface area (Å²) in [5.41, 5.74) is 7.02. The van der Waals surface area contributed by atoms with E-state index in [4.69, 9.17) is 23.8 Å². The number of thiocarbonyl (C=S) groups is 1. The Labute approximate surface area is 220 Å². The van der Waals surface area contributed by atoms with Crippen LogP contribution in [0.4, 0.5) is 11.4 Å². The van der Waals surface area contributed by atoms with E-state index in [9.17, 15) is 4.79 Å². The van der Waals surface area contributed by atoms with E-state index in [1.807, 2.05) is 66.7 Å². The van der Waals surface area contributed by atoms with Gasteiger partial charge < -0.3 is 20.1 Å². The van der Waals surface area contributed by atoms with Crippen molar-refractivity contribution in [3.63, 3.8) is 0 Å². The van der Waals surface area contributed by atoms with Crippen LogP contribution in [0.3, 0.4) is 0 Å². The van der Waals surface area contributed by atoms with Crippen molar-refractivity contribution in [2.75, 3.05) is 10.2 Å². The van der Waals surface area contributed by atoms with Crippen molar-refractivity contribution in [3.8, 4) is 5.69 Å². The summed E-state index contributed by atoms with van der Waals surface area (Å²) >= 11 is 12.0. The number of carbonyl (C=O) groups excluding carboxylic acids is 1. The SMILES string of the molecule is CC(=O)Nc1ccc(N2C(=S)N[C@H](c3ccccn3)[C@H]2c2cc(C)n(-c3ccc(Cl)cc3)c2C)cc1. The molecule has 2 aromatic heterocycles. The number of hydrogen-bond donors (Lipinski definition) is 2. The molecule has 36 heavy (non-hydrogen) atoms. The summed E-state index contributed by atoms with van der Waals surface area (Å²) in [5.74, 6) is -0.108. The van der Waals surface area contributed by atoms with Gasteiger partial charge in [-0.15, -0.1) is 0 Å². The van der Waals surface area contributed by atoms with E-state index in [1.54, 1.807) is 6.20 Å². The highest BCUT2D eigenvalue weighted by Gasteiger charge is 2.42. The molecule has 1 fully saturated rings. The first-order valence-electron chi connectivity index (χ1n) is 11.7. The Kier molecular flexibility index (Phi) is 6.51. The van der Waals surface area contributed by atoms with Crippen LogP contribution in [0.25, 0.3) is 5.69 Å². The lowest BCUT2D eigenvalue weighted by Gasteiger charge is -2.28. The van der Waals surface area contributed by atoms with Gasteiger partial charge >= 0.3 is 0 Å². The Morgan fingerprint density at radius 2 is 1.72 bits per heavy atom. The van der Waals surface area contributed by atoms with E-state index in [1.165, 1.54) is 6.92 Å². The van der Waals surface area contributed by atoms with Crippen LogP contribution < -0.4 is 15.5 Å². The number of nitrogens with one attached hydrogen (secondary N) is 2. The molecule has 8 heteroatoms. The maximum Gasteiger partial charge on any atom is 0.221 e. The Balaban J connectivity index is 1.62. The number of halogens is 1. The van der Waals surface area contributed by atoms with Gasteiger partial charge in [0.05, 0.1) is 17.8 Å². The number of hydrogen-bond acceptors (Lipinski definition) is 3. The first-order chi connectivity index (χ1) is 17.3. The van der Waals surface area contributed by atoms with E-state index < -0.39 is 0 Å². The summed E-state index contributed by atoms with van der Waals surface area (Å²) in [7, 11) is 0. The van der Waals surface area contributed by atoms with Crippen LogP contribution in [-0.2, 0) is 4.79 Å². The van der Waals surface area contributed by atoms with Gasteiger partial charge in [-0.25, -0.2) is 0 Å². The zero-order chi connectivity index (χ0) is 25.4. The number of carbonyl (C=O) groups is 1. The molecule has 4 aromatic rings. The molecule has 1 aliphatic heterocycles. The van der Waals surface area contributed by atoms with Crippen molar-refractivity contribution in [2.24, 2.45) is 0 Å². The van der Waals surface area contributed by atoms with Gasteiger partial charge in [-0.05, 0) is 98.4 Å². The quantitative estimate of drug-likeness (QED) is 0.306. The molecule has 0 radical (unpaired) electrons. The number of aryl methyl sites for hydroxylation is 1. The van der Waals surface area contributed by atoms with E-state index in [0.717, 1.165) is 39.7 Å². The highest BCUT2D eigenvalue weighted by atomic mass is 35.5. The van der Waals surface area contributed by atoms with Crippen molar-refractivity contribution in [1.29, 1.82) is 0 Å².